The first-order chi connectivity index (χ1) is 10.7. The van der Waals surface area contributed by atoms with Crippen LogP contribution in [0.4, 0.5) is 5.69 Å². The number of carbonyl (C=O) groups excluding carboxylic acids is 1. The SMILES string of the molecule is Cc1ccc(N(C(C)C(=O)N2CCN(C)CC2)S(C)(=O)=O)cc1. The summed E-state index contributed by atoms with van der Waals surface area (Å²) in [4.78, 5) is 16.6. The molecule has 6 nitrogen and oxygen atoms in total. The maximum Gasteiger partial charge on any atom is 0.246 e. The molecule has 1 fully saturated rings. The third-order valence-corrected chi connectivity index (χ3v) is 5.41. The topological polar surface area (TPSA) is 60.9 Å². The van der Waals surface area contributed by atoms with Gasteiger partial charge in [0.15, 0.2) is 0 Å². The summed E-state index contributed by atoms with van der Waals surface area (Å²) in [6, 6.07) is 6.42. The maximum absolute atomic E-state index is 12.7. The standard InChI is InChI=1S/C16H25N3O3S/c1-13-5-7-15(8-6-13)19(23(4,21)22)14(2)16(20)18-11-9-17(3)10-12-18/h5-8,14H,9-12H2,1-4H3. The van der Waals surface area contributed by atoms with Crippen LogP contribution in [0.2, 0.25) is 0 Å². The highest BCUT2D eigenvalue weighted by Gasteiger charge is 2.32. The van der Waals surface area contributed by atoms with Gasteiger partial charge in [-0.2, -0.15) is 0 Å². The van der Waals surface area contributed by atoms with Crippen LogP contribution in [0.1, 0.15) is 12.5 Å². The number of nitrogens with zero attached hydrogens (tertiary/aromatic N) is 3. The Morgan fingerprint density at radius 1 is 1.13 bits per heavy atom. The van der Waals surface area contributed by atoms with Crippen LogP contribution in [0.5, 0.6) is 0 Å². The molecule has 1 amide bonds. The van der Waals surface area contributed by atoms with Crippen molar-refractivity contribution in [2.24, 2.45) is 0 Å². The Kier molecular flexibility index (Phi) is 5.31. The number of piperazine rings is 1. The summed E-state index contributed by atoms with van der Waals surface area (Å²) in [5.74, 6) is -0.149. The molecule has 2 rings (SSSR count). The number of hydrogen-bond acceptors (Lipinski definition) is 4. The summed E-state index contributed by atoms with van der Waals surface area (Å²) in [7, 11) is -1.53. The molecule has 0 spiro atoms. The predicted octanol–water partition coefficient (Wildman–Crippen LogP) is 0.924. The minimum atomic E-state index is -3.55. The van der Waals surface area contributed by atoms with Gasteiger partial charge in [0, 0.05) is 26.2 Å². The number of aryl methyl sites for hydroxylation is 1. The van der Waals surface area contributed by atoms with E-state index in [9.17, 15) is 13.2 Å². The second-order valence-corrected chi connectivity index (χ2v) is 8.06. The van der Waals surface area contributed by atoms with Crippen LogP contribution in [0.3, 0.4) is 0 Å². The van der Waals surface area contributed by atoms with Gasteiger partial charge in [-0.3, -0.25) is 9.10 Å². The molecule has 0 bridgehead atoms. The summed E-state index contributed by atoms with van der Waals surface area (Å²) in [5, 5.41) is 0. The Hall–Kier alpha value is -1.60. The molecule has 1 unspecified atom stereocenters. The van der Waals surface area contributed by atoms with E-state index >= 15 is 0 Å². The maximum atomic E-state index is 12.7. The zero-order valence-electron chi connectivity index (χ0n) is 14.2. The van der Waals surface area contributed by atoms with Gasteiger partial charge in [-0.1, -0.05) is 17.7 Å². The Labute approximate surface area is 138 Å². The van der Waals surface area contributed by atoms with E-state index in [0.717, 1.165) is 24.9 Å². The molecule has 0 aromatic heterocycles. The van der Waals surface area contributed by atoms with E-state index in [2.05, 4.69) is 4.90 Å². The normalized spacial score (nSPS) is 17.8. The molecule has 1 atom stereocenters. The lowest BCUT2D eigenvalue weighted by atomic mass is 10.2. The van der Waals surface area contributed by atoms with Crippen molar-refractivity contribution in [3.8, 4) is 0 Å². The van der Waals surface area contributed by atoms with E-state index < -0.39 is 16.1 Å². The molecule has 1 aromatic carbocycles. The third kappa shape index (κ3) is 4.23. The first-order valence-electron chi connectivity index (χ1n) is 7.73. The lowest BCUT2D eigenvalue weighted by Crippen LogP contribution is -2.54. The van der Waals surface area contributed by atoms with Crippen molar-refractivity contribution in [3.63, 3.8) is 0 Å². The number of benzene rings is 1. The van der Waals surface area contributed by atoms with Gasteiger partial charge in [0.25, 0.3) is 0 Å². The minimum Gasteiger partial charge on any atom is -0.338 e. The average Bonchev–Trinajstić information content (AvgIpc) is 2.48. The van der Waals surface area contributed by atoms with Gasteiger partial charge in [-0.25, -0.2) is 8.42 Å². The first-order valence-corrected chi connectivity index (χ1v) is 9.58. The van der Waals surface area contributed by atoms with Gasteiger partial charge < -0.3 is 9.80 Å². The molecule has 1 aliphatic rings. The second-order valence-electron chi connectivity index (χ2n) is 6.20. The molecular formula is C16H25N3O3S. The van der Waals surface area contributed by atoms with Crippen LogP contribution >= 0.6 is 0 Å². The Bertz CT molecular complexity index is 650. The second kappa shape index (κ2) is 6.88. The largest absolute Gasteiger partial charge is 0.338 e. The molecule has 1 aromatic rings. The van der Waals surface area contributed by atoms with E-state index in [0.29, 0.717) is 18.8 Å². The van der Waals surface area contributed by atoms with Gasteiger partial charge in [0.05, 0.1) is 11.9 Å². The molecule has 1 saturated heterocycles. The number of hydrogen-bond donors (Lipinski definition) is 0. The summed E-state index contributed by atoms with van der Waals surface area (Å²) in [5.41, 5.74) is 1.56. The molecule has 1 heterocycles. The highest BCUT2D eigenvalue weighted by Crippen LogP contribution is 2.22. The van der Waals surface area contributed by atoms with Gasteiger partial charge in [0.2, 0.25) is 15.9 Å². The highest BCUT2D eigenvalue weighted by atomic mass is 32.2. The van der Waals surface area contributed by atoms with E-state index in [-0.39, 0.29) is 5.91 Å². The van der Waals surface area contributed by atoms with E-state index in [4.69, 9.17) is 0 Å². The average molecular weight is 339 g/mol. The van der Waals surface area contributed by atoms with Gasteiger partial charge in [-0.15, -0.1) is 0 Å². The van der Waals surface area contributed by atoms with E-state index in [1.165, 1.54) is 4.31 Å². The molecule has 0 N–H and O–H groups in total. The summed E-state index contributed by atoms with van der Waals surface area (Å²) in [6.07, 6.45) is 1.14. The number of likely N-dealkylation sites (N-methyl/N-ethyl adjacent to an activating group) is 1. The van der Waals surface area contributed by atoms with Gasteiger partial charge >= 0.3 is 0 Å². The summed E-state index contributed by atoms with van der Waals surface area (Å²) >= 11 is 0. The van der Waals surface area contributed by atoms with Crippen molar-refractivity contribution in [3.05, 3.63) is 29.8 Å². The number of rotatable bonds is 4. The fourth-order valence-electron chi connectivity index (χ4n) is 2.79. The molecule has 23 heavy (non-hydrogen) atoms. The van der Waals surface area contributed by atoms with Gasteiger partial charge in [-0.05, 0) is 33.0 Å². The van der Waals surface area contributed by atoms with Crippen molar-refractivity contribution < 1.29 is 13.2 Å². The van der Waals surface area contributed by atoms with Crippen LogP contribution in [-0.2, 0) is 14.8 Å². The van der Waals surface area contributed by atoms with Crippen LogP contribution in [0.25, 0.3) is 0 Å². The van der Waals surface area contributed by atoms with Crippen LogP contribution in [0.15, 0.2) is 24.3 Å². The number of carbonyl (C=O) groups is 1. The number of anilines is 1. The molecule has 1 aliphatic heterocycles. The molecule has 0 saturated carbocycles. The zero-order valence-corrected chi connectivity index (χ0v) is 15.0. The van der Waals surface area contributed by atoms with E-state index in [1.807, 2.05) is 26.1 Å². The molecule has 7 heteroatoms. The Morgan fingerprint density at radius 2 is 1.65 bits per heavy atom. The molecule has 0 aliphatic carbocycles. The van der Waals surface area contributed by atoms with Crippen molar-refractivity contribution in [1.82, 2.24) is 9.80 Å². The zero-order chi connectivity index (χ0) is 17.2. The third-order valence-electron chi connectivity index (χ3n) is 4.17. The van der Waals surface area contributed by atoms with Crippen LogP contribution < -0.4 is 4.31 Å². The van der Waals surface area contributed by atoms with Crippen molar-refractivity contribution >= 4 is 21.6 Å². The van der Waals surface area contributed by atoms with Crippen LogP contribution in [0, 0.1) is 6.92 Å². The number of sulfonamides is 1. The molecule has 0 radical (unpaired) electrons. The van der Waals surface area contributed by atoms with E-state index in [1.54, 1.807) is 24.0 Å². The molecular weight excluding hydrogens is 314 g/mol. The van der Waals surface area contributed by atoms with Crippen molar-refractivity contribution in [1.29, 1.82) is 0 Å². The van der Waals surface area contributed by atoms with Crippen molar-refractivity contribution in [2.45, 2.75) is 19.9 Å². The van der Waals surface area contributed by atoms with Crippen molar-refractivity contribution in [2.75, 3.05) is 43.8 Å². The summed E-state index contributed by atoms with van der Waals surface area (Å²) in [6.45, 7) is 6.47. The fraction of sp³-hybridized carbons (Fsp3) is 0.562. The minimum absolute atomic E-state index is 0.149. The summed E-state index contributed by atoms with van der Waals surface area (Å²) < 4.78 is 25.7. The first kappa shape index (κ1) is 17.7. The molecule has 128 valence electrons. The number of amides is 1. The lowest BCUT2D eigenvalue weighted by Gasteiger charge is -2.36. The highest BCUT2D eigenvalue weighted by molar-refractivity contribution is 7.92. The predicted molar refractivity (Wildman–Crippen MR) is 92.0 cm³/mol. The van der Waals surface area contributed by atoms with Crippen LogP contribution in [-0.4, -0.2) is 69.6 Å². The quantitative estimate of drug-likeness (QED) is 0.819. The Balaban J connectivity index is 2.25. The Morgan fingerprint density at radius 3 is 2.13 bits per heavy atom. The smallest absolute Gasteiger partial charge is 0.246 e. The monoisotopic (exact) mass is 339 g/mol. The lowest BCUT2D eigenvalue weighted by molar-refractivity contribution is -0.133. The fourth-order valence-corrected chi connectivity index (χ4v) is 3.95. The van der Waals surface area contributed by atoms with Gasteiger partial charge in [0.1, 0.15) is 6.04 Å².